The van der Waals surface area contributed by atoms with E-state index in [-0.39, 0.29) is 17.3 Å². The van der Waals surface area contributed by atoms with Gasteiger partial charge in [0.2, 0.25) is 0 Å². The predicted molar refractivity (Wildman–Crippen MR) is 97.2 cm³/mol. The first-order valence-corrected chi connectivity index (χ1v) is 8.79. The minimum Gasteiger partial charge on any atom is -0.482 e. The lowest BCUT2D eigenvalue weighted by Gasteiger charge is -2.14. The smallest absolute Gasteiger partial charge is 0.416 e. The molecule has 0 aliphatic carbocycles. The molecule has 1 N–H and O–H groups in total. The Morgan fingerprint density at radius 2 is 1.92 bits per heavy atom. The number of nitrogens with one attached hydrogen (secondary N) is 1. The number of halogens is 6. The number of carbonyl (C=O) groups is 1. The number of benzene rings is 2. The van der Waals surface area contributed by atoms with Gasteiger partial charge in [0.05, 0.1) is 20.7 Å². The van der Waals surface area contributed by atoms with Crippen molar-refractivity contribution >= 4 is 55.1 Å². The Morgan fingerprint density at radius 1 is 1.24 bits per heavy atom. The first-order valence-electron chi connectivity index (χ1n) is 6.83. The van der Waals surface area contributed by atoms with E-state index in [0.29, 0.717) is 10.2 Å². The van der Waals surface area contributed by atoms with Crippen molar-refractivity contribution in [3.05, 3.63) is 55.4 Å². The molecule has 0 bridgehead atoms. The first kappa shape index (κ1) is 20.1. The number of carbonyl (C=O) groups excluding carboxylic acids is 1. The van der Waals surface area contributed by atoms with Crippen LogP contribution in [0.5, 0.6) is 5.75 Å². The second kappa shape index (κ2) is 7.97. The van der Waals surface area contributed by atoms with Gasteiger partial charge in [0.25, 0.3) is 5.91 Å². The summed E-state index contributed by atoms with van der Waals surface area (Å²) in [5, 5.41) is 2.32. The van der Waals surface area contributed by atoms with Crippen molar-refractivity contribution in [3.8, 4) is 5.75 Å². The molecule has 0 unspecified atom stereocenters. The summed E-state index contributed by atoms with van der Waals surface area (Å²) in [6.07, 6.45) is -4.53. The fraction of sp³-hybridized carbons (Fsp3) is 0.188. The van der Waals surface area contributed by atoms with Crippen molar-refractivity contribution in [1.29, 1.82) is 0 Å². The molecule has 0 aliphatic heterocycles. The highest BCUT2D eigenvalue weighted by molar-refractivity contribution is 9.11. The minimum atomic E-state index is -4.53. The topological polar surface area (TPSA) is 38.3 Å². The van der Waals surface area contributed by atoms with Crippen LogP contribution in [-0.4, -0.2) is 12.5 Å². The van der Waals surface area contributed by atoms with Crippen LogP contribution in [0.25, 0.3) is 0 Å². The fourth-order valence-electron chi connectivity index (χ4n) is 1.99. The maximum atomic E-state index is 12.7. The predicted octanol–water partition coefficient (Wildman–Crippen LogP) is 6.21. The zero-order valence-corrected chi connectivity index (χ0v) is 16.6. The highest BCUT2D eigenvalue weighted by Gasteiger charge is 2.31. The summed E-state index contributed by atoms with van der Waals surface area (Å²) in [5.41, 5.74) is -0.248. The summed E-state index contributed by atoms with van der Waals surface area (Å²) < 4.78 is 45.1. The highest BCUT2D eigenvalue weighted by atomic mass is 79.9. The Morgan fingerprint density at radius 3 is 2.52 bits per heavy atom. The van der Waals surface area contributed by atoms with Crippen molar-refractivity contribution < 1.29 is 22.7 Å². The van der Waals surface area contributed by atoms with Gasteiger partial charge in [-0.15, -0.1) is 0 Å². The molecule has 0 fully saturated rings. The van der Waals surface area contributed by atoms with Crippen LogP contribution in [0.2, 0.25) is 5.02 Å². The van der Waals surface area contributed by atoms with Crippen LogP contribution in [0.3, 0.4) is 0 Å². The van der Waals surface area contributed by atoms with Gasteiger partial charge >= 0.3 is 6.18 Å². The zero-order chi connectivity index (χ0) is 18.8. The number of amides is 1. The molecule has 2 rings (SSSR count). The minimum absolute atomic E-state index is 0.00218. The zero-order valence-electron chi connectivity index (χ0n) is 12.7. The average Bonchev–Trinajstić information content (AvgIpc) is 2.47. The van der Waals surface area contributed by atoms with Gasteiger partial charge in [0.15, 0.2) is 6.61 Å². The van der Waals surface area contributed by atoms with E-state index in [0.717, 1.165) is 28.2 Å². The van der Waals surface area contributed by atoms with E-state index >= 15 is 0 Å². The second-order valence-electron chi connectivity index (χ2n) is 5.06. The molecule has 0 radical (unpaired) electrons. The maximum Gasteiger partial charge on any atom is 0.416 e. The fourth-order valence-corrected chi connectivity index (χ4v) is 3.71. The van der Waals surface area contributed by atoms with Crippen molar-refractivity contribution in [2.24, 2.45) is 0 Å². The Hall–Kier alpha value is -1.25. The van der Waals surface area contributed by atoms with Crippen molar-refractivity contribution in [2.75, 3.05) is 11.9 Å². The molecule has 0 aliphatic rings. The molecule has 0 saturated carbocycles. The number of hydrogen-bond donors (Lipinski definition) is 1. The van der Waals surface area contributed by atoms with Crippen LogP contribution in [0, 0.1) is 6.92 Å². The summed E-state index contributed by atoms with van der Waals surface area (Å²) in [7, 11) is 0. The monoisotopic (exact) mass is 499 g/mol. The second-order valence-corrected chi connectivity index (χ2v) is 7.24. The number of alkyl halides is 3. The molecule has 9 heteroatoms. The summed E-state index contributed by atoms with van der Waals surface area (Å²) in [6, 6.07) is 6.26. The van der Waals surface area contributed by atoms with Gasteiger partial charge in [0, 0.05) is 4.47 Å². The van der Waals surface area contributed by atoms with Crippen LogP contribution in [0.4, 0.5) is 18.9 Å². The standard InChI is InChI=1S/C16H11Br2ClF3NO2/c1-8-4-10(17)6-11(18)15(8)25-7-14(24)23-13-5-9(16(20,21)22)2-3-12(13)19/h2-6H,7H2,1H3,(H,23,24). The van der Waals surface area contributed by atoms with Crippen LogP contribution in [0.15, 0.2) is 39.3 Å². The van der Waals surface area contributed by atoms with Gasteiger partial charge < -0.3 is 10.1 Å². The lowest BCUT2D eigenvalue weighted by molar-refractivity contribution is -0.137. The van der Waals surface area contributed by atoms with E-state index in [4.69, 9.17) is 16.3 Å². The van der Waals surface area contributed by atoms with Gasteiger partial charge in [-0.2, -0.15) is 13.2 Å². The first-order chi connectivity index (χ1) is 11.6. The van der Waals surface area contributed by atoms with E-state index in [2.05, 4.69) is 37.2 Å². The molecular weight excluding hydrogens is 490 g/mol. The van der Waals surface area contributed by atoms with Crippen LogP contribution >= 0.6 is 43.5 Å². The molecule has 0 atom stereocenters. The molecule has 0 spiro atoms. The summed E-state index contributed by atoms with van der Waals surface area (Å²) in [4.78, 5) is 12.0. The van der Waals surface area contributed by atoms with Gasteiger partial charge in [-0.05, 0) is 58.7 Å². The number of ether oxygens (including phenoxy) is 1. The Balaban J connectivity index is 2.09. The van der Waals surface area contributed by atoms with Gasteiger partial charge in [-0.3, -0.25) is 4.79 Å². The van der Waals surface area contributed by atoms with Crippen LogP contribution < -0.4 is 10.1 Å². The number of hydrogen-bond acceptors (Lipinski definition) is 2. The molecule has 0 aromatic heterocycles. The number of aryl methyl sites for hydroxylation is 1. The molecule has 25 heavy (non-hydrogen) atoms. The average molecular weight is 502 g/mol. The number of rotatable bonds is 4. The van der Waals surface area contributed by atoms with Crippen LogP contribution in [0.1, 0.15) is 11.1 Å². The maximum absolute atomic E-state index is 12.7. The van der Waals surface area contributed by atoms with Crippen molar-refractivity contribution in [1.82, 2.24) is 0 Å². The Kier molecular flexibility index (Phi) is 6.40. The van der Waals surface area contributed by atoms with E-state index in [1.165, 1.54) is 0 Å². The van der Waals surface area contributed by atoms with E-state index in [1.54, 1.807) is 13.0 Å². The summed E-state index contributed by atoms with van der Waals surface area (Å²) >= 11 is 12.5. The Bertz CT molecular complexity index is 789. The number of anilines is 1. The summed E-state index contributed by atoms with van der Waals surface area (Å²) in [6.45, 7) is 1.42. The van der Waals surface area contributed by atoms with Crippen molar-refractivity contribution in [2.45, 2.75) is 13.1 Å². The molecular formula is C16H11Br2ClF3NO2. The molecule has 2 aromatic carbocycles. The molecule has 0 heterocycles. The SMILES string of the molecule is Cc1cc(Br)cc(Br)c1OCC(=O)Nc1cc(C(F)(F)F)ccc1Cl. The third-order valence-electron chi connectivity index (χ3n) is 3.11. The Labute approximate surface area is 163 Å². The lowest BCUT2D eigenvalue weighted by atomic mass is 10.2. The van der Waals surface area contributed by atoms with E-state index in [9.17, 15) is 18.0 Å². The van der Waals surface area contributed by atoms with Gasteiger partial charge in [0.1, 0.15) is 5.75 Å². The molecule has 0 saturated heterocycles. The summed E-state index contributed by atoms with van der Waals surface area (Å²) in [5.74, 6) is -0.163. The molecule has 134 valence electrons. The molecule has 2 aromatic rings. The lowest BCUT2D eigenvalue weighted by Crippen LogP contribution is -2.21. The normalized spacial score (nSPS) is 11.3. The highest BCUT2D eigenvalue weighted by Crippen LogP contribution is 2.34. The van der Waals surface area contributed by atoms with Gasteiger partial charge in [-0.1, -0.05) is 27.5 Å². The third kappa shape index (κ3) is 5.36. The van der Waals surface area contributed by atoms with E-state index in [1.807, 2.05) is 6.07 Å². The third-order valence-corrected chi connectivity index (χ3v) is 4.49. The quantitative estimate of drug-likeness (QED) is 0.541. The van der Waals surface area contributed by atoms with Crippen LogP contribution in [-0.2, 0) is 11.0 Å². The van der Waals surface area contributed by atoms with Gasteiger partial charge in [-0.25, -0.2) is 0 Å². The van der Waals surface area contributed by atoms with Crippen molar-refractivity contribution in [3.63, 3.8) is 0 Å². The largest absolute Gasteiger partial charge is 0.482 e. The van der Waals surface area contributed by atoms with E-state index < -0.39 is 17.6 Å². The molecule has 3 nitrogen and oxygen atoms in total. The molecule has 1 amide bonds.